The van der Waals surface area contributed by atoms with Gasteiger partial charge in [-0.1, -0.05) is 18.2 Å². The second kappa shape index (κ2) is 6.52. The number of hydrogen-bond acceptors (Lipinski definition) is 6. The summed E-state index contributed by atoms with van der Waals surface area (Å²) in [5.74, 6) is 1.25. The molecule has 29 heavy (non-hydrogen) atoms. The van der Waals surface area contributed by atoms with Crippen molar-refractivity contribution in [2.45, 2.75) is 19.4 Å². The van der Waals surface area contributed by atoms with E-state index in [2.05, 4.69) is 27.2 Å². The molecule has 1 amide bonds. The second-order valence-electron chi connectivity index (χ2n) is 8.40. The number of carbonyl (C=O) groups excluding carboxylic acids is 1. The third-order valence-corrected chi connectivity index (χ3v) is 6.05. The zero-order chi connectivity index (χ0) is 20.2. The van der Waals surface area contributed by atoms with Gasteiger partial charge in [0.2, 0.25) is 11.8 Å². The number of likely N-dealkylation sites (tertiary alicyclic amines) is 2. The quantitative estimate of drug-likeness (QED) is 0.680. The van der Waals surface area contributed by atoms with E-state index in [1.165, 1.54) is 0 Å². The summed E-state index contributed by atoms with van der Waals surface area (Å²) in [6.07, 6.45) is 0.911. The van der Waals surface area contributed by atoms with Crippen LogP contribution in [0.2, 0.25) is 0 Å². The SMILES string of the molecule is Cc1cc(C(=O)N2CC3(CC(c4nnc(-c5ccccc5)o4)N(C)C3)C2)n(C)n1. The number of amides is 1. The summed E-state index contributed by atoms with van der Waals surface area (Å²) in [7, 11) is 3.90. The van der Waals surface area contributed by atoms with E-state index in [0.717, 1.165) is 37.3 Å². The van der Waals surface area contributed by atoms with Gasteiger partial charge in [0, 0.05) is 37.7 Å². The number of carbonyl (C=O) groups is 1. The summed E-state index contributed by atoms with van der Waals surface area (Å²) in [5, 5.41) is 12.8. The molecule has 1 unspecified atom stereocenters. The number of benzene rings is 1. The number of rotatable bonds is 3. The average molecular weight is 392 g/mol. The van der Waals surface area contributed by atoms with Crippen LogP contribution in [0.5, 0.6) is 0 Å². The molecule has 2 aromatic heterocycles. The Kier molecular flexibility index (Phi) is 4.06. The van der Waals surface area contributed by atoms with E-state index < -0.39 is 0 Å². The fraction of sp³-hybridized carbons (Fsp3) is 0.429. The molecule has 8 heteroatoms. The van der Waals surface area contributed by atoms with Crippen LogP contribution in [0.25, 0.3) is 11.5 Å². The largest absolute Gasteiger partial charge is 0.419 e. The lowest BCUT2D eigenvalue weighted by molar-refractivity contribution is 0.0106. The van der Waals surface area contributed by atoms with Crippen LogP contribution in [0, 0.1) is 12.3 Å². The Morgan fingerprint density at radius 1 is 1.14 bits per heavy atom. The minimum atomic E-state index is 0.0500. The topological polar surface area (TPSA) is 80.3 Å². The van der Waals surface area contributed by atoms with E-state index in [4.69, 9.17) is 4.42 Å². The smallest absolute Gasteiger partial charge is 0.272 e. The van der Waals surface area contributed by atoms with Gasteiger partial charge < -0.3 is 9.32 Å². The van der Waals surface area contributed by atoms with Crippen molar-refractivity contribution in [3.8, 4) is 11.5 Å². The Labute approximate surface area is 169 Å². The van der Waals surface area contributed by atoms with Gasteiger partial charge in [-0.25, -0.2) is 0 Å². The molecule has 0 radical (unpaired) electrons. The monoisotopic (exact) mass is 392 g/mol. The molecular weight excluding hydrogens is 368 g/mol. The summed E-state index contributed by atoms with van der Waals surface area (Å²) < 4.78 is 7.65. The lowest BCUT2D eigenvalue weighted by atomic mass is 9.77. The Bertz CT molecular complexity index is 1050. The first-order chi connectivity index (χ1) is 13.9. The minimum absolute atomic E-state index is 0.0500. The van der Waals surface area contributed by atoms with E-state index in [-0.39, 0.29) is 17.4 Å². The normalized spacial score (nSPS) is 20.9. The van der Waals surface area contributed by atoms with Gasteiger partial charge in [0.25, 0.3) is 5.91 Å². The lowest BCUT2D eigenvalue weighted by Gasteiger charge is -2.48. The van der Waals surface area contributed by atoms with Crippen LogP contribution < -0.4 is 0 Å². The van der Waals surface area contributed by atoms with Crippen molar-refractivity contribution >= 4 is 5.91 Å². The highest BCUT2D eigenvalue weighted by molar-refractivity contribution is 5.93. The third kappa shape index (κ3) is 3.04. The molecule has 5 rings (SSSR count). The Morgan fingerprint density at radius 2 is 1.90 bits per heavy atom. The predicted molar refractivity (Wildman–Crippen MR) is 106 cm³/mol. The van der Waals surface area contributed by atoms with Gasteiger partial charge in [0.05, 0.1) is 11.7 Å². The van der Waals surface area contributed by atoms with E-state index in [9.17, 15) is 4.79 Å². The van der Waals surface area contributed by atoms with E-state index in [0.29, 0.717) is 17.5 Å². The summed E-state index contributed by atoms with van der Waals surface area (Å²) >= 11 is 0. The molecule has 150 valence electrons. The van der Waals surface area contributed by atoms with Gasteiger partial charge >= 0.3 is 0 Å². The molecule has 0 bridgehead atoms. The number of aryl methyl sites for hydroxylation is 2. The highest BCUT2D eigenvalue weighted by Gasteiger charge is 2.53. The van der Waals surface area contributed by atoms with E-state index in [1.807, 2.05) is 55.3 Å². The third-order valence-electron chi connectivity index (χ3n) is 6.05. The molecule has 3 aromatic rings. The van der Waals surface area contributed by atoms with Crippen LogP contribution in [-0.4, -0.2) is 62.4 Å². The van der Waals surface area contributed by atoms with Crippen LogP contribution in [0.4, 0.5) is 0 Å². The Morgan fingerprint density at radius 3 is 2.59 bits per heavy atom. The molecule has 1 atom stereocenters. The van der Waals surface area contributed by atoms with Crippen molar-refractivity contribution in [1.29, 1.82) is 0 Å². The van der Waals surface area contributed by atoms with Crippen LogP contribution in [-0.2, 0) is 7.05 Å². The van der Waals surface area contributed by atoms with Crippen LogP contribution in [0.1, 0.15) is 34.5 Å². The van der Waals surface area contributed by atoms with E-state index in [1.54, 1.807) is 4.68 Å². The molecule has 1 spiro atoms. The second-order valence-corrected chi connectivity index (χ2v) is 8.40. The molecule has 2 fully saturated rings. The number of hydrogen-bond donors (Lipinski definition) is 0. The molecule has 0 saturated carbocycles. The molecule has 2 aliphatic rings. The molecule has 1 aromatic carbocycles. The standard InChI is InChI=1S/C21H24N6O2/c1-14-9-16(26(3)24-14)20(28)27-12-21(13-27)10-17(25(2)11-21)19-23-22-18(29-19)15-7-5-4-6-8-15/h4-9,17H,10-13H2,1-3H3. The molecule has 8 nitrogen and oxygen atoms in total. The maximum absolute atomic E-state index is 12.8. The minimum Gasteiger partial charge on any atom is -0.419 e. The summed E-state index contributed by atoms with van der Waals surface area (Å²) in [5.41, 5.74) is 2.51. The first-order valence-electron chi connectivity index (χ1n) is 9.83. The fourth-order valence-electron chi connectivity index (χ4n) is 4.72. The highest BCUT2D eigenvalue weighted by atomic mass is 16.4. The molecule has 0 N–H and O–H groups in total. The van der Waals surface area contributed by atoms with Gasteiger partial charge in [-0.2, -0.15) is 5.10 Å². The average Bonchev–Trinajstić information content (AvgIpc) is 3.37. The van der Waals surface area contributed by atoms with Crippen molar-refractivity contribution < 1.29 is 9.21 Å². The summed E-state index contributed by atoms with van der Waals surface area (Å²) in [6, 6.07) is 11.7. The Balaban J connectivity index is 1.28. The number of nitrogens with zero attached hydrogens (tertiary/aromatic N) is 6. The fourth-order valence-corrected chi connectivity index (χ4v) is 4.72. The van der Waals surface area contributed by atoms with Crippen LogP contribution in [0.15, 0.2) is 40.8 Å². The van der Waals surface area contributed by atoms with Gasteiger partial charge in [-0.05, 0) is 38.6 Å². The first-order valence-corrected chi connectivity index (χ1v) is 9.83. The zero-order valence-electron chi connectivity index (χ0n) is 16.9. The van der Waals surface area contributed by atoms with Gasteiger partial charge in [-0.15, -0.1) is 10.2 Å². The maximum Gasteiger partial charge on any atom is 0.272 e. The van der Waals surface area contributed by atoms with Crippen molar-refractivity contribution in [2.75, 3.05) is 26.7 Å². The van der Waals surface area contributed by atoms with Crippen molar-refractivity contribution in [3.05, 3.63) is 53.7 Å². The zero-order valence-corrected chi connectivity index (χ0v) is 16.9. The van der Waals surface area contributed by atoms with E-state index >= 15 is 0 Å². The maximum atomic E-state index is 12.8. The lowest BCUT2D eigenvalue weighted by Crippen LogP contribution is -2.59. The molecular formula is C21H24N6O2. The van der Waals surface area contributed by atoms with Crippen molar-refractivity contribution in [3.63, 3.8) is 0 Å². The number of aromatic nitrogens is 4. The Hall–Kier alpha value is -3.00. The van der Waals surface area contributed by atoms with Gasteiger partial charge in [0.1, 0.15) is 5.69 Å². The van der Waals surface area contributed by atoms with Crippen LogP contribution in [0.3, 0.4) is 0 Å². The molecule has 2 aliphatic heterocycles. The molecule has 0 aliphatic carbocycles. The first kappa shape index (κ1) is 18.1. The predicted octanol–water partition coefficient (Wildman–Crippen LogP) is 2.30. The van der Waals surface area contributed by atoms with Gasteiger partial charge in [-0.3, -0.25) is 14.4 Å². The summed E-state index contributed by atoms with van der Waals surface area (Å²) in [4.78, 5) is 17.0. The van der Waals surface area contributed by atoms with Crippen molar-refractivity contribution in [1.82, 2.24) is 29.8 Å². The van der Waals surface area contributed by atoms with Gasteiger partial charge in [0.15, 0.2) is 0 Å². The highest BCUT2D eigenvalue weighted by Crippen LogP contribution is 2.47. The molecule has 2 saturated heterocycles. The van der Waals surface area contributed by atoms with Crippen molar-refractivity contribution in [2.24, 2.45) is 12.5 Å². The van der Waals surface area contributed by atoms with Crippen LogP contribution >= 0.6 is 0 Å². The summed E-state index contributed by atoms with van der Waals surface area (Å²) in [6.45, 7) is 4.31. The molecule has 4 heterocycles.